The highest BCUT2D eigenvalue weighted by Gasteiger charge is 2.20. The maximum atomic E-state index is 12.3. The van der Waals surface area contributed by atoms with Gasteiger partial charge in [0.1, 0.15) is 11.5 Å². The highest BCUT2D eigenvalue weighted by Crippen LogP contribution is 2.29. The van der Waals surface area contributed by atoms with Gasteiger partial charge in [-0.05, 0) is 37.6 Å². The molecule has 0 fully saturated rings. The van der Waals surface area contributed by atoms with Crippen LogP contribution < -0.4 is 14.8 Å². The third-order valence-corrected chi connectivity index (χ3v) is 3.89. The van der Waals surface area contributed by atoms with Crippen LogP contribution in [0.4, 0.5) is 11.4 Å². The van der Waals surface area contributed by atoms with Crippen LogP contribution in [0.15, 0.2) is 42.5 Å². The smallest absolute Gasteiger partial charge is 0.310 e. The lowest BCUT2D eigenvalue weighted by molar-refractivity contribution is -0.384. The van der Waals surface area contributed by atoms with Gasteiger partial charge in [-0.25, -0.2) is 0 Å². The van der Waals surface area contributed by atoms with Gasteiger partial charge in [0.15, 0.2) is 6.10 Å². The molecule has 1 N–H and O–H groups in total. The first-order chi connectivity index (χ1) is 13.8. The van der Waals surface area contributed by atoms with Crippen molar-refractivity contribution in [1.29, 1.82) is 0 Å². The highest BCUT2D eigenvalue weighted by molar-refractivity contribution is 5.96. The molecule has 0 aliphatic heterocycles. The molecule has 2 aromatic carbocycles. The number of carbonyl (C=O) groups excluding carboxylic acids is 2. The molecule has 0 spiro atoms. The Balaban J connectivity index is 1.87. The second-order valence-corrected chi connectivity index (χ2v) is 6.18. The molecule has 1 atom stereocenters. The van der Waals surface area contributed by atoms with Crippen molar-refractivity contribution in [3.8, 4) is 11.5 Å². The van der Waals surface area contributed by atoms with Gasteiger partial charge < -0.3 is 19.5 Å². The van der Waals surface area contributed by atoms with E-state index in [1.54, 1.807) is 6.07 Å². The van der Waals surface area contributed by atoms with E-state index in [0.29, 0.717) is 5.75 Å². The molecule has 0 saturated carbocycles. The number of nitro benzene ring substituents is 1. The normalized spacial score (nSPS) is 11.3. The Bertz CT molecular complexity index is 898. The fourth-order valence-electron chi connectivity index (χ4n) is 2.41. The number of amides is 1. The molecular weight excluding hydrogens is 380 g/mol. The van der Waals surface area contributed by atoms with Gasteiger partial charge in [-0.3, -0.25) is 19.7 Å². The molecule has 0 radical (unpaired) electrons. The first-order valence-electron chi connectivity index (χ1n) is 8.82. The third kappa shape index (κ3) is 6.49. The highest BCUT2D eigenvalue weighted by atomic mass is 16.6. The molecule has 0 heterocycles. The number of nitro groups is 1. The van der Waals surface area contributed by atoms with Crippen molar-refractivity contribution in [3.05, 3.63) is 58.1 Å². The van der Waals surface area contributed by atoms with Crippen molar-refractivity contribution in [3.63, 3.8) is 0 Å². The van der Waals surface area contributed by atoms with Gasteiger partial charge in [-0.2, -0.15) is 0 Å². The number of non-ortho nitro benzene ring substituents is 1. The zero-order valence-electron chi connectivity index (χ0n) is 16.3. The SMILES string of the molecule is COc1ccc([N+](=O)[O-])cc1NC(=O)[C@@H](C)OC(=O)CCOc1cccc(C)c1. The Hall–Kier alpha value is -3.62. The summed E-state index contributed by atoms with van der Waals surface area (Å²) in [5, 5.41) is 13.4. The molecule has 0 aliphatic rings. The first kappa shape index (κ1) is 21.7. The van der Waals surface area contributed by atoms with E-state index in [1.807, 2.05) is 25.1 Å². The molecule has 0 bridgehead atoms. The van der Waals surface area contributed by atoms with Gasteiger partial charge in [0.25, 0.3) is 11.6 Å². The molecule has 0 aliphatic carbocycles. The van der Waals surface area contributed by atoms with Gasteiger partial charge in [0.05, 0.1) is 30.7 Å². The van der Waals surface area contributed by atoms with Crippen LogP contribution in [0.1, 0.15) is 18.9 Å². The average molecular weight is 402 g/mol. The van der Waals surface area contributed by atoms with E-state index in [-0.39, 0.29) is 30.2 Å². The minimum Gasteiger partial charge on any atom is -0.495 e. The standard InChI is InChI=1S/C20H22N2O7/c1-13-5-4-6-16(11-13)28-10-9-19(23)29-14(2)20(24)21-17-12-15(22(25)26)7-8-18(17)27-3/h4-8,11-12,14H,9-10H2,1-3H3,(H,21,24)/t14-/m1/s1. The Kier molecular flexibility index (Phi) is 7.53. The number of anilines is 1. The number of methoxy groups -OCH3 is 1. The average Bonchev–Trinajstić information content (AvgIpc) is 2.67. The van der Waals surface area contributed by atoms with Crippen LogP contribution in [0.2, 0.25) is 0 Å². The van der Waals surface area contributed by atoms with Crippen LogP contribution in [0, 0.1) is 17.0 Å². The van der Waals surface area contributed by atoms with E-state index < -0.39 is 22.9 Å². The third-order valence-electron chi connectivity index (χ3n) is 3.89. The Morgan fingerprint density at radius 3 is 2.62 bits per heavy atom. The zero-order chi connectivity index (χ0) is 21.4. The fraction of sp³-hybridized carbons (Fsp3) is 0.300. The number of hydrogen-bond donors (Lipinski definition) is 1. The van der Waals surface area contributed by atoms with Crippen molar-refractivity contribution in [1.82, 2.24) is 0 Å². The summed E-state index contributed by atoms with van der Waals surface area (Å²) < 4.78 is 15.7. The minimum atomic E-state index is -1.11. The van der Waals surface area contributed by atoms with Crippen LogP contribution in [0.25, 0.3) is 0 Å². The number of nitrogens with one attached hydrogen (secondary N) is 1. The molecule has 9 nitrogen and oxygen atoms in total. The Labute approximate surface area is 167 Å². The predicted octanol–water partition coefficient (Wildman–Crippen LogP) is 3.25. The van der Waals surface area contributed by atoms with E-state index in [9.17, 15) is 19.7 Å². The molecule has 0 aromatic heterocycles. The first-order valence-corrected chi connectivity index (χ1v) is 8.82. The number of rotatable bonds is 9. The Morgan fingerprint density at radius 2 is 1.97 bits per heavy atom. The minimum absolute atomic E-state index is 0.0360. The molecule has 9 heteroatoms. The maximum absolute atomic E-state index is 12.3. The summed E-state index contributed by atoms with van der Waals surface area (Å²) in [6.45, 7) is 3.44. The van der Waals surface area contributed by atoms with Crippen molar-refractivity contribution < 1.29 is 28.7 Å². The summed E-state index contributed by atoms with van der Waals surface area (Å²) in [5.74, 6) is -0.363. The summed E-state index contributed by atoms with van der Waals surface area (Å²) in [7, 11) is 1.37. The van der Waals surface area contributed by atoms with Gasteiger partial charge >= 0.3 is 5.97 Å². The van der Waals surface area contributed by atoms with Crippen LogP contribution in [0.5, 0.6) is 11.5 Å². The molecule has 0 unspecified atom stereocenters. The number of benzene rings is 2. The van der Waals surface area contributed by atoms with E-state index in [4.69, 9.17) is 14.2 Å². The second-order valence-electron chi connectivity index (χ2n) is 6.18. The number of nitrogens with zero attached hydrogens (tertiary/aromatic N) is 1. The largest absolute Gasteiger partial charge is 0.495 e. The quantitative estimate of drug-likeness (QED) is 0.389. The van der Waals surface area contributed by atoms with E-state index in [1.165, 1.54) is 32.2 Å². The van der Waals surface area contributed by atoms with Crippen molar-refractivity contribution in [2.45, 2.75) is 26.4 Å². The van der Waals surface area contributed by atoms with Crippen LogP contribution in [0.3, 0.4) is 0 Å². The van der Waals surface area contributed by atoms with Gasteiger partial charge in [0.2, 0.25) is 0 Å². The number of aryl methyl sites for hydroxylation is 1. The molecule has 154 valence electrons. The van der Waals surface area contributed by atoms with Crippen LogP contribution in [-0.4, -0.2) is 36.6 Å². The van der Waals surface area contributed by atoms with E-state index in [2.05, 4.69) is 5.32 Å². The molecule has 0 saturated heterocycles. The number of ether oxygens (including phenoxy) is 3. The summed E-state index contributed by atoms with van der Waals surface area (Å²) in [4.78, 5) is 34.5. The van der Waals surface area contributed by atoms with Gasteiger partial charge in [-0.1, -0.05) is 12.1 Å². The summed E-state index contributed by atoms with van der Waals surface area (Å²) in [5.41, 5.74) is 0.934. The summed E-state index contributed by atoms with van der Waals surface area (Å²) >= 11 is 0. The number of esters is 1. The monoisotopic (exact) mass is 402 g/mol. The van der Waals surface area contributed by atoms with Crippen molar-refractivity contribution in [2.75, 3.05) is 19.0 Å². The lowest BCUT2D eigenvalue weighted by Crippen LogP contribution is -2.30. The molecule has 2 aromatic rings. The van der Waals surface area contributed by atoms with E-state index >= 15 is 0 Å². The maximum Gasteiger partial charge on any atom is 0.310 e. The second kappa shape index (κ2) is 10.1. The predicted molar refractivity (Wildman–Crippen MR) is 105 cm³/mol. The van der Waals surface area contributed by atoms with Gasteiger partial charge in [0, 0.05) is 12.1 Å². The van der Waals surface area contributed by atoms with Crippen molar-refractivity contribution >= 4 is 23.3 Å². The molecule has 2 rings (SSSR count). The lowest BCUT2D eigenvalue weighted by Gasteiger charge is -2.15. The molecule has 29 heavy (non-hydrogen) atoms. The van der Waals surface area contributed by atoms with E-state index in [0.717, 1.165) is 5.56 Å². The number of hydrogen-bond acceptors (Lipinski definition) is 7. The zero-order valence-corrected chi connectivity index (χ0v) is 16.3. The van der Waals surface area contributed by atoms with Gasteiger partial charge in [-0.15, -0.1) is 0 Å². The summed E-state index contributed by atoms with van der Waals surface area (Å²) in [6.07, 6.45) is -1.14. The van der Waals surface area contributed by atoms with Crippen LogP contribution >= 0.6 is 0 Å². The topological polar surface area (TPSA) is 117 Å². The van der Waals surface area contributed by atoms with Crippen molar-refractivity contribution in [2.24, 2.45) is 0 Å². The van der Waals surface area contributed by atoms with Crippen LogP contribution in [-0.2, 0) is 14.3 Å². The Morgan fingerprint density at radius 1 is 1.21 bits per heavy atom. The molecular formula is C20H22N2O7. The molecule has 1 amide bonds. The fourth-order valence-corrected chi connectivity index (χ4v) is 2.41. The summed E-state index contributed by atoms with van der Waals surface area (Å²) in [6, 6.07) is 11.2. The number of carbonyl (C=O) groups is 2. The lowest BCUT2D eigenvalue weighted by atomic mass is 10.2.